The van der Waals surface area contributed by atoms with E-state index in [0.29, 0.717) is 25.7 Å². The van der Waals surface area contributed by atoms with Crippen LogP contribution < -0.4 is 10.6 Å². The second kappa shape index (κ2) is 10.7. The highest BCUT2D eigenvalue weighted by Crippen LogP contribution is 2.17. The first-order valence-corrected chi connectivity index (χ1v) is 9.85. The Hall–Kier alpha value is -2.70. The average molecular weight is 399 g/mol. The number of aryl methyl sites for hydroxylation is 2. The van der Waals surface area contributed by atoms with Gasteiger partial charge in [0.15, 0.2) is 0 Å². The van der Waals surface area contributed by atoms with Crippen molar-refractivity contribution in [1.29, 1.82) is 0 Å². The summed E-state index contributed by atoms with van der Waals surface area (Å²) in [4.78, 5) is 25.0. The third-order valence-corrected chi connectivity index (χ3v) is 4.83. The third kappa shape index (κ3) is 7.33. The van der Waals surface area contributed by atoms with Crippen LogP contribution in [-0.4, -0.2) is 34.5 Å². The van der Waals surface area contributed by atoms with Crippen molar-refractivity contribution in [1.82, 2.24) is 10.6 Å². The highest BCUT2D eigenvalue weighted by Gasteiger charge is 2.37. The summed E-state index contributed by atoms with van der Waals surface area (Å²) in [7, 11) is 0. The summed E-state index contributed by atoms with van der Waals surface area (Å²) in [5.74, 6) is -1.18. The highest BCUT2D eigenvalue weighted by molar-refractivity contribution is 6.04. The van der Waals surface area contributed by atoms with Gasteiger partial charge in [0, 0.05) is 0 Å². The molecule has 0 bridgehead atoms. The summed E-state index contributed by atoms with van der Waals surface area (Å²) in [6, 6.07) is 19.3. The number of hydrogen-bond acceptors (Lipinski definition) is 4. The number of amides is 2. The van der Waals surface area contributed by atoms with Crippen molar-refractivity contribution in [3.8, 4) is 0 Å². The molecule has 0 heterocycles. The fourth-order valence-electron chi connectivity index (χ4n) is 2.81. The van der Waals surface area contributed by atoms with Gasteiger partial charge in [-0.25, -0.2) is 0 Å². The lowest BCUT2D eigenvalue weighted by molar-refractivity contribution is -0.144. The molecule has 2 aromatic rings. The van der Waals surface area contributed by atoms with Crippen molar-refractivity contribution in [3.63, 3.8) is 0 Å². The molecule has 2 rings (SSSR count). The molecule has 0 aliphatic carbocycles. The molecule has 2 amide bonds. The quantitative estimate of drug-likeness (QED) is 0.364. The van der Waals surface area contributed by atoms with E-state index in [4.69, 9.17) is 0 Å². The minimum Gasteiger partial charge on any atom is -0.374 e. The molecule has 0 aliphatic rings. The Kier molecular flexibility index (Phi) is 8.36. The number of hydrogen-bond donors (Lipinski definition) is 4. The number of aliphatic hydroxyl groups is 2. The van der Waals surface area contributed by atoms with E-state index < -0.39 is 29.7 Å². The van der Waals surface area contributed by atoms with E-state index in [1.165, 1.54) is 13.8 Å². The van der Waals surface area contributed by atoms with Gasteiger partial charge in [0.2, 0.25) is 11.8 Å². The number of benzene rings is 2. The fourth-order valence-corrected chi connectivity index (χ4v) is 2.81. The Morgan fingerprint density at radius 2 is 1.10 bits per heavy atom. The molecule has 0 radical (unpaired) electrons. The van der Waals surface area contributed by atoms with Crippen molar-refractivity contribution in [2.45, 2.75) is 52.0 Å². The predicted octanol–water partition coefficient (Wildman–Crippen LogP) is 2.15. The molecule has 0 fully saturated rings. The molecule has 0 saturated heterocycles. The van der Waals surface area contributed by atoms with E-state index in [2.05, 4.69) is 10.6 Å². The van der Waals surface area contributed by atoms with Crippen LogP contribution in [0.15, 0.2) is 60.7 Å². The van der Waals surface area contributed by atoms with Crippen LogP contribution in [0.4, 0.5) is 0 Å². The lowest BCUT2D eigenvalue weighted by Gasteiger charge is -2.26. The van der Waals surface area contributed by atoms with Crippen molar-refractivity contribution < 1.29 is 19.8 Å². The Morgan fingerprint density at radius 1 is 0.759 bits per heavy atom. The molecule has 2 unspecified atom stereocenters. The Morgan fingerprint density at radius 3 is 1.45 bits per heavy atom. The van der Waals surface area contributed by atoms with Gasteiger partial charge >= 0.3 is 0 Å². The molecule has 0 aromatic heterocycles. The molecule has 156 valence electrons. The van der Waals surface area contributed by atoms with Crippen molar-refractivity contribution in [2.24, 2.45) is 5.41 Å². The Balaban J connectivity index is 1.79. The number of rotatable bonds is 10. The van der Waals surface area contributed by atoms with Crippen LogP contribution in [0, 0.1) is 5.41 Å². The standard InChI is InChI=1S/C23H30N2O4/c1-23(2,21(28)24-19(26)15-13-17-9-5-3-6-10-17)22(29)25-20(27)16-14-18-11-7-4-8-12-18/h3-12,19-20,26-27H,13-16H2,1-2H3,(H,24,28)(H,25,29). The van der Waals surface area contributed by atoms with Gasteiger partial charge in [-0.05, 0) is 50.7 Å². The first kappa shape index (κ1) is 22.6. The minimum absolute atomic E-state index is 0.340. The van der Waals surface area contributed by atoms with E-state index >= 15 is 0 Å². The van der Waals surface area contributed by atoms with Gasteiger partial charge in [0.25, 0.3) is 0 Å². The first-order valence-electron chi connectivity index (χ1n) is 9.85. The van der Waals surface area contributed by atoms with Crippen molar-refractivity contribution >= 4 is 11.8 Å². The van der Waals surface area contributed by atoms with Gasteiger partial charge in [-0.2, -0.15) is 0 Å². The van der Waals surface area contributed by atoms with Gasteiger partial charge in [-0.1, -0.05) is 60.7 Å². The van der Waals surface area contributed by atoms with E-state index in [9.17, 15) is 19.8 Å². The van der Waals surface area contributed by atoms with E-state index in [-0.39, 0.29) is 0 Å². The van der Waals surface area contributed by atoms with E-state index in [1.807, 2.05) is 60.7 Å². The normalized spacial score (nSPS) is 13.4. The molecule has 0 spiro atoms. The van der Waals surface area contributed by atoms with Crippen molar-refractivity contribution in [3.05, 3.63) is 71.8 Å². The van der Waals surface area contributed by atoms with Crippen LogP contribution in [0.3, 0.4) is 0 Å². The van der Waals surface area contributed by atoms with Crippen LogP contribution in [0.5, 0.6) is 0 Å². The fraction of sp³-hybridized carbons (Fsp3) is 0.391. The predicted molar refractivity (Wildman–Crippen MR) is 112 cm³/mol. The van der Waals surface area contributed by atoms with E-state index in [0.717, 1.165) is 11.1 Å². The van der Waals surface area contributed by atoms with Gasteiger partial charge in [0.05, 0.1) is 0 Å². The van der Waals surface area contributed by atoms with Crippen LogP contribution in [-0.2, 0) is 22.4 Å². The maximum Gasteiger partial charge on any atom is 0.237 e. The summed E-state index contributed by atoms with van der Waals surface area (Å²) in [6.45, 7) is 2.93. The zero-order chi connectivity index (χ0) is 21.3. The zero-order valence-electron chi connectivity index (χ0n) is 17.0. The van der Waals surface area contributed by atoms with Crippen LogP contribution in [0.25, 0.3) is 0 Å². The Labute approximate surface area is 172 Å². The largest absolute Gasteiger partial charge is 0.374 e. The minimum atomic E-state index is -1.43. The van der Waals surface area contributed by atoms with Crippen LogP contribution in [0.1, 0.15) is 37.8 Å². The van der Waals surface area contributed by atoms with Gasteiger partial charge < -0.3 is 20.8 Å². The lowest BCUT2D eigenvalue weighted by Crippen LogP contribution is -2.52. The maximum absolute atomic E-state index is 12.5. The number of carbonyl (C=O) groups excluding carboxylic acids is 2. The summed E-state index contributed by atoms with van der Waals surface area (Å²) >= 11 is 0. The number of carbonyl (C=O) groups is 2. The molecule has 4 N–H and O–H groups in total. The first-order chi connectivity index (χ1) is 13.8. The Bertz CT molecular complexity index is 712. The van der Waals surface area contributed by atoms with Gasteiger partial charge in [-0.15, -0.1) is 0 Å². The summed E-state index contributed by atoms with van der Waals surface area (Å²) in [6.07, 6.45) is -0.226. The molecule has 0 saturated carbocycles. The third-order valence-electron chi connectivity index (χ3n) is 4.83. The second-order valence-electron chi connectivity index (χ2n) is 7.65. The lowest BCUT2D eigenvalue weighted by atomic mass is 9.90. The molecular weight excluding hydrogens is 368 g/mol. The molecular formula is C23H30N2O4. The number of aliphatic hydroxyl groups excluding tert-OH is 2. The summed E-state index contributed by atoms with van der Waals surface area (Å²) < 4.78 is 0. The van der Waals surface area contributed by atoms with E-state index in [1.54, 1.807) is 0 Å². The molecule has 0 aliphatic heterocycles. The smallest absolute Gasteiger partial charge is 0.237 e. The summed E-state index contributed by atoms with van der Waals surface area (Å²) in [5, 5.41) is 25.2. The van der Waals surface area contributed by atoms with Crippen LogP contribution in [0.2, 0.25) is 0 Å². The molecule has 2 aromatic carbocycles. The highest BCUT2D eigenvalue weighted by atomic mass is 16.3. The zero-order valence-corrected chi connectivity index (χ0v) is 17.0. The number of nitrogens with one attached hydrogen (secondary N) is 2. The monoisotopic (exact) mass is 398 g/mol. The molecule has 6 nitrogen and oxygen atoms in total. The SMILES string of the molecule is CC(C)(C(=O)NC(O)CCc1ccccc1)C(=O)NC(O)CCc1ccccc1. The second-order valence-corrected chi connectivity index (χ2v) is 7.65. The van der Waals surface area contributed by atoms with Crippen molar-refractivity contribution in [2.75, 3.05) is 0 Å². The van der Waals surface area contributed by atoms with Crippen LogP contribution >= 0.6 is 0 Å². The average Bonchev–Trinajstić information content (AvgIpc) is 2.72. The molecule has 29 heavy (non-hydrogen) atoms. The summed E-state index contributed by atoms with van der Waals surface area (Å²) in [5.41, 5.74) is 0.681. The van der Waals surface area contributed by atoms with Gasteiger partial charge in [-0.3, -0.25) is 9.59 Å². The van der Waals surface area contributed by atoms with Gasteiger partial charge in [0.1, 0.15) is 17.9 Å². The topological polar surface area (TPSA) is 98.7 Å². The molecule has 6 heteroatoms. The molecule has 2 atom stereocenters. The maximum atomic E-state index is 12.5.